The summed E-state index contributed by atoms with van der Waals surface area (Å²) in [5.41, 5.74) is 6.92. The van der Waals surface area contributed by atoms with E-state index in [1.807, 2.05) is 37.3 Å². The van der Waals surface area contributed by atoms with E-state index in [-0.39, 0.29) is 10.8 Å². The van der Waals surface area contributed by atoms with Gasteiger partial charge >= 0.3 is 0 Å². The number of hydrogen-bond donors (Lipinski definition) is 3. The summed E-state index contributed by atoms with van der Waals surface area (Å²) in [6.07, 6.45) is 0.654. The minimum Gasteiger partial charge on any atom is -0.331 e. The van der Waals surface area contributed by atoms with Crippen LogP contribution in [0.4, 0.5) is 5.69 Å². The normalized spacial score (nSPS) is 10.1. The van der Waals surface area contributed by atoms with Crippen molar-refractivity contribution in [1.82, 2.24) is 20.6 Å². The number of nitrogens with one attached hydrogen (secondary N) is 3. The number of thiocarbonyl (C=S) groups is 1. The van der Waals surface area contributed by atoms with Crippen LogP contribution in [0.2, 0.25) is 5.02 Å². The van der Waals surface area contributed by atoms with Crippen LogP contribution in [0.3, 0.4) is 0 Å². The van der Waals surface area contributed by atoms with Crippen molar-refractivity contribution >= 4 is 40.5 Å². The molecule has 0 aliphatic carbocycles. The molecule has 116 valence electrons. The lowest BCUT2D eigenvalue weighted by Crippen LogP contribution is -2.44. The average molecular weight is 338 g/mol. The maximum absolute atomic E-state index is 12.2. The molecular weight excluding hydrogens is 322 g/mol. The third kappa shape index (κ3) is 3.75. The highest BCUT2D eigenvalue weighted by molar-refractivity contribution is 7.80. The molecule has 0 saturated carbocycles. The number of nitrogens with zero attached hydrogens (tertiary/aromatic N) is 2. The van der Waals surface area contributed by atoms with Crippen molar-refractivity contribution in [2.45, 2.75) is 13.3 Å². The van der Waals surface area contributed by atoms with Crippen LogP contribution < -0.4 is 16.2 Å². The van der Waals surface area contributed by atoms with E-state index >= 15 is 0 Å². The van der Waals surface area contributed by atoms with Gasteiger partial charge in [0.2, 0.25) is 0 Å². The zero-order valence-electron chi connectivity index (χ0n) is 12.2. The predicted octanol–water partition coefficient (Wildman–Crippen LogP) is 2.27. The highest BCUT2D eigenvalue weighted by atomic mass is 35.5. The van der Waals surface area contributed by atoms with Gasteiger partial charge in [-0.1, -0.05) is 36.7 Å². The van der Waals surface area contributed by atoms with Crippen molar-refractivity contribution in [1.29, 1.82) is 0 Å². The first-order valence-corrected chi connectivity index (χ1v) is 7.45. The molecular formula is C14H16ClN5OS. The maximum atomic E-state index is 12.2. The Hall–Kier alpha value is -2.12. The van der Waals surface area contributed by atoms with Gasteiger partial charge in [-0.15, -0.1) is 0 Å². The zero-order chi connectivity index (χ0) is 16.1. The van der Waals surface area contributed by atoms with Crippen molar-refractivity contribution in [3.8, 4) is 0 Å². The van der Waals surface area contributed by atoms with Crippen LogP contribution in [0.25, 0.3) is 0 Å². The smallest absolute Gasteiger partial charge is 0.289 e. The van der Waals surface area contributed by atoms with Crippen LogP contribution >= 0.6 is 23.8 Å². The summed E-state index contributed by atoms with van der Waals surface area (Å²) in [7, 11) is 1.67. The van der Waals surface area contributed by atoms with E-state index in [9.17, 15) is 4.79 Å². The summed E-state index contributed by atoms with van der Waals surface area (Å²) in [4.78, 5) is 12.2. The molecule has 6 nitrogen and oxygen atoms in total. The third-order valence-electron chi connectivity index (χ3n) is 2.93. The van der Waals surface area contributed by atoms with Crippen molar-refractivity contribution in [2.24, 2.45) is 7.05 Å². The molecule has 22 heavy (non-hydrogen) atoms. The van der Waals surface area contributed by atoms with Crippen molar-refractivity contribution in [3.63, 3.8) is 0 Å². The first-order chi connectivity index (χ1) is 10.5. The molecule has 2 aromatic rings. The lowest BCUT2D eigenvalue weighted by atomic mass is 10.3. The highest BCUT2D eigenvalue weighted by Crippen LogP contribution is 2.20. The van der Waals surface area contributed by atoms with Gasteiger partial charge in [-0.05, 0) is 30.8 Å². The number of amides is 1. The molecule has 0 aliphatic heterocycles. The molecule has 0 saturated heterocycles. The van der Waals surface area contributed by atoms with Crippen LogP contribution in [-0.2, 0) is 13.5 Å². The van der Waals surface area contributed by atoms with Gasteiger partial charge in [0.15, 0.2) is 5.11 Å². The molecule has 3 N–H and O–H groups in total. The number of aryl methyl sites for hydroxylation is 2. The second kappa shape index (κ2) is 7.24. The van der Waals surface area contributed by atoms with E-state index < -0.39 is 5.91 Å². The Balaban J connectivity index is 1.96. The van der Waals surface area contributed by atoms with Gasteiger partial charge in [-0.3, -0.25) is 20.3 Å². The predicted molar refractivity (Wildman–Crippen MR) is 90.9 cm³/mol. The van der Waals surface area contributed by atoms with E-state index in [0.717, 1.165) is 5.69 Å². The fourth-order valence-electron chi connectivity index (χ4n) is 1.88. The van der Waals surface area contributed by atoms with Gasteiger partial charge in [-0.25, -0.2) is 0 Å². The van der Waals surface area contributed by atoms with Crippen LogP contribution in [0, 0.1) is 0 Å². The van der Waals surface area contributed by atoms with E-state index in [4.69, 9.17) is 23.8 Å². The SMILES string of the molecule is CCc1nn(C)c(C(=O)NNC(=S)Nc2ccccc2)c1Cl. The zero-order valence-corrected chi connectivity index (χ0v) is 13.8. The first-order valence-electron chi connectivity index (χ1n) is 6.66. The molecule has 1 aromatic carbocycles. The largest absolute Gasteiger partial charge is 0.331 e. The Bertz CT molecular complexity index is 686. The Morgan fingerprint density at radius 3 is 2.59 bits per heavy atom. The van der Waals surface area contributed by atoms with Gasteiger partial charge in [0.05, 0.1) is 10.7 Å². The number of benzene rings is 1. The number of carbonyl (C=O) groups is 1. The standard InChI is InChI=1S/C14H16ClN5OS/c1-3-10-11(15)12(20(2)19-10)13(21)17-18-14(22)16-9-7-5-4-6-8-9/h4-8H,3H2,1-2H3,(H,17,21)(H2,16,18,22). The van der Waals surface area contributed by atoms with Gasteiger partial charge in [-0.2, -0.15) is 5.10 Å². The van der Waals surface area contributed by atoms with E-state index in [1.54, 1.807) is 7.05 Å². The Morgan fingerprint density at radius 1 is 1.32 bits per heavy atom. The summed E-state index contributed by atoms with van der Waals surface area (Å²) in [5, 5.41) is 7.76. The average Bonchev–Trinajstić information content (AvgIpc) is 2.80. The van der Waals surface area contributed by atoms with Crippen LogP contribution in [0.1, 0.15) is 23.1 Å². The molecule has 0 bridgehead atoms. The molecule has 0 atom stereocenters. The molecule has 0 aliphatic rings. The molecule has 0 radical (unpaired) electrons. The molecule has 2 rings (SSSR count). The minimum atomic E-state index is -0.406. The molecule has 1 aromatic heterocycles. The topological polar surface area (TPSA) is 71.0 Å². The number of anilines is 1. The minimum absolute atomic E-state index is 0.272. The lowest BCUT2D eigenvalue weighted by Gasteiger charge is -2.11. The van der Waals surface area contributed by atoms with Crippen molar-refractivity contribution in [3.05, 3.63) is 46.7 Å². The molecule has 1 amide bonds. The molecule has 8 heteroatoms. The number of halogens is 1. The molecule has 0 fully saturated rings. The van der Waals surface area contributed by atoms with Gasteiger partial charge in [0.1, 0.15) is 5.69 Å². The summed E-state index contributed by atoms with van der Waals surface area (Å²) in [6.45, 7) is 1.92. The lowest BCUT2D eigenvalue weighted by molar-refractivity contribution is 0.0935. The Kier molecular flexibility index (Phi) is 5.35. The fourth-order valence-corrected chi connectivity index (χ4v) is 2.43. The van der Waals surface area contributed by atoms with E-state index in [1.165, 1.54) is 4.68 Å². The quantitative estimate of drug-likeness (QED) is 0.592. The number of hydrazine groups is 1. The summed E-state index contributed by atoms with van der Waals surface area (Å²) in [6, 6.07) is 9.39. The van der Waals surface area contributed by atoms with Crippen LogP contribution in [0.15, 0.2) is 30.3 Å². The summed E-state index contributed by atoms with van der Waals surface area (Å²) in [5.74, 6) is -0.406. The van der Waals surface area contributed by atoms with Crippen LogP contribution in [-0.4, -0.2) is 20.8 Å². The Morgan fingerprint density at radius 2 is 2.00 bits per heavy atom. The Labute approximate surface area is 138 Å². The van der Waals surface area contributed by atoms with Gasteiger partial charge in [0, 0.05) is 12.7 Å². The van der Waals surface area contributed by atoms with Crippen LogP contribution in [0.5, 0.6) is 0 Å². The maximum Gasteiger partial charge on any atom is 0.289 e. The first kappa shape index (κ1) is 16.3. The van der Waals surface area contributed by atoms with E-state index in [2.05, 4.69) is 21.3 Å². The van der Waals surface area contributed by atoms with Crippen molar-refractivity contribution < 1.29 is 4.79 Å². The third-order valence-corrected chi connectivity index (χ3v) is 3.53. The van der Waals surface area contributed by atoms with E-state index in [0.29, 0.717) is 17.1 Å². The molecule has 1 heterocycles. The summed E-state index contributed by atoms with van der Waals surface area (Å²) < 4.78 is 1.45. The molecule has 0 unspecified atom stereocenters. The number of hydrogen-bond acceptors (Lipinski definition) is 3. The number of para-hydroxylation sites is 1. The number of aromatic nitrogens is 2. The number of rotatable bonds is 3. The highest BCUT2D eigenvalue weighted by Gasteiger charge is 2.19. The second-order valence-corrected chi connectivity index (χ2v) is 5.27. The molecule has 0 spiro atoms. The van der Waals surface area contributed by atoms with Crippen molar-refractivity contribution in [2.75, 3.05) is 5.32 Å². The monoisotopic (exact) mass is 337 g/mol. The fraction of sp³-hybridized carbons (Fsp3) is 0.214. The van der Waals surface area contributed by atoms with Gasteiger partial charge < -0.3 is 5.32 Å². The second-order valence-electron chi connectivity index (χ2n) is 4.49. The summed E-state index contributed by atoms with van der Waals surface area (Å²) >= 11 is 11.3. The number of carbonyl (C=O) groups excluding carboxylic acids is 1. The van der Waals surface area contributed by atoms with Gasteiger partial charge in [0.25, 0.3) is 5.91 Å².